The quantitative estimate of drug-likeness (QED) is 0.820. The Labute approximate surface area is 132 Å². The summed E-state index contributed by atoms with van der Waals surface area (Å²) in [4.78, 5) is 5.93. The van der Waals surface area contributed by atoms with Gasteiger partial charge in [-0.15, -0.1) is 11.3 Å². The van der Waals surface area contributed by atoms with E-state index in [1.807, 2.05) is 13.0 Å². The summed E-state index contributed by atoms with van der Waals surface area (Å²) in [6, 6.07) is 4.27. The summed E-state index contributed by atoms with van der Waals surface area (Å²) < 4.78 is 26.6. The summed E-state index contributed by atoms with van der Waals surface area (Å²) in [5.41, 5.74) is 0. The lowest BCUT2D eigenvalue weighted by Gasteiger charge is -2.37. The minimum Gasteiger partial charge on any atom is -0.304 e. The molecule has 1 aliphatic heterocycles. The van der Waals surface area contributed by atoms with Gasteiger partial charge >= 0.3 is 0 Å². The van der Waals surface area contributed by atoms with Crippen molar-refractivity contribution in [1.29, 1.82) is 0 Å². The van der Waals surface area contributed by atoms with E-state index in [-0.39, 0.29) is 11.8 Å². The number of rotatable bonds is 7. The van der Waals surface area contributed by atoms with Gasteiger partial charge in [0.2, 0.25) is 10.0 Å². The van der Waals surface area contributed by atoms with Gasteiger partial charge in [0.1, 0.15) is 0 Å². The Bertz CT molecular complexity index is 508. The summed E-state index contributed by atoms with van der Waals surface area (Å²) in [5, 5.41) is 2.05. The van der Waals surface area contributed by atoms with Gasteiger partial charge in [-0.3, -0.25) is 4.90 Å². The van der Waals surface area contributed by atoms with Crippen molar-refractivity contribution in [1.82, 2.24) is 14.5 Å². The molecule has 21 heavy (non-hydrogen) atoms. The number of likely N-dealkylation sites (N-methyl/N-ethyl adjacent to an activating group) is 1. The SMILES string of the molecule is CCCS(=O)(=O)NCC(c1cccs1)N1CCN(C)CC1. The van der Waals surface area contributed by atoms with Crippen LogP contribution in [-0.4, -0.2) is 63.7 Å². The number of nitrogens with one attached hydrogen (secondary N) is 1. The Morgan fingerprint density at radius 2 is 2.05 bits per heavy atom. The summed E-state index contributed by atoms with van der Waals surface area (Å²) in [5.74, 6) is 0.201. The number of hydrogen-bond acceptors (Lipinski definition) is 5. The second-order valence-electron chi connectivity index (χ2n) is 5.54. The van der Waals surface area contributed by atoms with Crippen LogP contribution in [-0.2, 0) is 10.0 Å². The minimum absolute atomic E-state index is 0.144. The molecule has 1 aromatic rings. The number of piperazine rings is 1. The van der Waals surface area contributed by atoms with Crippen LogP contribution in [0, 0.1) is 0 Å². The molecule has 120 valence electrons. The van der Waals surface area contributed by atoms with Gasteiger partial charge in [0.25, 0.3) is 0 Å². The summed E-state index contributed by atoms with van der Waals surface area (Å²) in [6.07, 6.45) is 0.646. The Kier molecular flexibility index (Phi) is 6.19. The lowest BCUT2D eigenvalue weighted by Crippen LogP contribution is -2.48. The molecule has 0 bridgehead atoms. The van der Waals surface area contributed by atoms with Gasteiger partial charge in [0, 0.05) is 37.6 Å². The van der Waals surface area contributed by atoms with Crippen LogP contribution in [0.1, 0.15) is 24.3 Å². The standard InChI is InChI=1S/C14H25N3O2S2/c1-3-11-21(18,19)15-12-13(14-5-4-10-20-14)17-8-6-16(2)7-9-17/h4-5,10,13,15H,3,6-9,11-12H2,1-2H3. The molecule has 1 unspecified atom stereocenters. The molecule has 7 heteroatoms. The van der Waals surface area contributed by atoms with E-state index >= 15 is 0 Å². The van der Waals surface area contributed by atoms with Crippen molar-refractivity contribution in [3.63, 3.8) is 0 Å². The van der Waals surface area contributed by atoms with E-state index < -0.39 is 10.0 Å². The zero-order valence-electron chi connectivity index (χ0n) is 12.8. The average Bonchev–Trinajstić information content (AvgIpc) is 2.95. The lowest BCUT2D eigenvalue weighted by atomic mass is 10.2. The average molecular weight is 332 g/mol. The van der Waals surface area contributed by atoms with Crippen molar-refractivity contribution in [3.05, 3.63) is 22.4 Å². The van der Waals surface area contributed by atoms with Crippen molar-refractivity contribution in [3.8, 4) is 0 Å². The van der Waals surface area contributed by atoms with Crippen molar-refractivity contribution >= 4 is 21.4 Å². The fourth-order valence-electron chi connectivity index (χ4n) is 2.57. The van der Waals surface area contributed by atoms with Crippen molar-refractivity contribution < 1.29 is 8.42 Å². The maximum absolute atomic E-state index is 11.9. The third-order valence-corrected chi connectivity index (χ3v) is 6.35. The number of thiophene rings is 1. The molecular weight excluding hydrogens is 306 g/mol. The van der Waals surface area contributed by atoms with E-state index in [1.165, 1.54) is 4.88 Å². The maximum Gasteiger partial charge on any atom is 0.211 e. The molecule has 0 amide bonds. The fraction of sp³-hybridized carbons (Fsp3) is 0.714. The predicted molar refractivity (Wildman–Crippen MR) is 88.2 cm³/mol. The van der Waals surface area contributed by atoms with Crippen LogP contribution in [0.2, 0.25) is 0 Å². The van der Waals surface area contributed by atoms with Crippen LogP contribution in [0.4, 0.5) is 0 Å². The van der Waals surface area contributed by atoms with E-state index in [4.69, 9.17) is 0 Å². The topological polar surface area (TPSA) is 52.7 Å². The normalized spacial score (nSPS) is 19.7. The monoisotopic (exact) mass is 331 g/mol. The molecule has 2 heterocycles. The zero-order valence-corrected chi connectivity index (χ0v) is 14.4. The maximum atomic E-state index is 11.9. The second-order valence-corrected chi connectivity index (χ2v) is 8.44. The largest absolute Gasteiger partial charge is 0.304 e. The van der Waals surface area contributed by atoms with Gasteiger partial charge in [0.05, 0.1) is 11.8 Å². The van der Waals surface area contributed by atoms with E-state index in [2.05, 4.69) is 33.0 Å². The molecule has 0 saturated carbocycles. The van der Waals surface area contributed by atoms with Gasteiger partial charge in [-0.25, -0.2) is 13.1 Å². The first-order valence-electron chi connectivity index (χ1n) is 7.45. The second kappa shape index (κ2) is 7.69. The Balaban J connectivity index is 2.03. The van der Waals surface area contributed by atoms with Crippen molar-refractivity contribution in [2.45, 2.75) is 19.4 Å². The lowest BCUT2D eigenvalue weighted by molar-refractivity contribution is 0.114. The minimum atomic E-state index is -3.15. The molecule has 0 radical (unpaired) electrons. The predicted octanol–water partition coefficient (Wildman–Crippen LogP) is 1.37. The van der Waals surface area contributed by atoms with Gasteiger partial charge in [-0.05, 0) is 24.9 Å². The highest BCUT2D eigenvalue weighted by molar-refractivity contribution is 7.89. The van der Waals surface area contributed by atoms with Gasteiger partial charge in [-0.1, -0.05) is 13.0 Å². The molecule has 1 N–H and O–H groups in total. The third kappa shape index (κ3) is 5.03. The van der Waals surface area contributed by atoms with E-state index in [1.54, 1.807) is 11.3 Å². The Morgan fingerprint density at radius 1 is 1.33 bits per heavy atom. The third-order valence-electron chi connectivity index (χ3n) is 3.82. The highest BCUT2D eigenvalue weighted by Crippen LogP contribution is 2.25. The highest BCUT2D eigenvalue weighted by Gasteiger charge is 2.25. The van der Waals surface area contributed by atoms with Gasteiger partial charge < -0.3 is 4.90 Å². The molecule has 0 aromatic carbocycles. The molecular formula is C14H25N3O2S2. The first-order chi connectivity index (χ1) is 10.0. The summed E-state index contributed by atoms with van der Waals surface area (Å²) in [6.45, 7) is 6.37. The molecule has 5 nitrogen and oxygen atoms in total. The van der Waals surface area contributed by atoms with Crippen LogP contribution in [0.15, 0.2) is 17.5 Å². The van der Waals surface area contributed by atoms with E-state index in [0.717, 1.165) is 26.2 Å². The Morgan fingerprint density at radius 3 is 2.62 bits per heavy atom. The molecule has 2 rings (SSSR count). The fourth-order valence-corrected chi connectivity index (χ4v) is 4.53. The van der Waals surface area contributed by atoms with Crippen LogP contribution in [0.5, 0.6) is 0 Å². The number of hydrogen-bond donors (Lipinski definition) is 1. The number of sulfonamides is 1. The summed E-state index contributed by atoms with van der Waals surface area (Å²) >= 11 is 1.70. The zero-order chi connectivity index (χ0) is 15.3. The van der Waals surface area contributed by atoms with Crippen molar-refractivity contribution in [2.24, 2.45) is 0 Å². The van der Waals surface area contributed by atoms with Crippen LogP contribution < -0.4 is 4.72 Å². The van der Waals surface area contributed by atoms with Crippen LogP contribution >= 0.6 is 11.3 Å². The molecule has 1 fully saturated rings. The molecule has 1 atom stereocenters. The smallest absolute Gasteiger partial charge is 0.211 e. The van der Waals surface area contributed by atoms with Crippen molar-refractivity contribution in [2.75, 3.05) is 45.5 Å². The molecule has 1 aromatic heterocycles. The first kappa shape index (κ1) is 16.9. The molecule has 1 aliphatic rings. The Hall–Kier alpha value is -0.470. The van der Waals surface area contributed by atoms with Gasteiger partial charge in [-0.2, -0.15) is 0 Å². The van der Waals surface area contributed by atoms with Crippen LogP contribution in [0.3, 0.4) is 0 Å². The first-order valence-corrected chi connectivity index (χ1v) is 9.98. The van der Waals surface area contributed by atoms with E-state index in [9.17, 15) is 8.42 Å². The van der Waals surface area contributed by atoms with E-state index in [0.29, 0.717) is 13.0 Å². The van der Waals surface area contributed by atoms with Gasteiger partial charge in [0.15, 0.2) is 0 Å². The highest BCUT2D eigenvalue weighted by atomic mass is 32.2. The van der Waals surface area contributed by atoms with Crippen LogP contribution in [0.25, 0.3) is 0 Å². The molecule has 0 spiro atoms. The molecule has 1 saturated heterocycles. The molecule has 0 aliphatic carbocycles. The number of nitrogens with zero attached hydrogens (tertiary/aromatic N) is 2. The summed E-state index contributed by atoms with van der Waals surface area (Å²) in [7, 11) is -1.02.